The zero-order valence-electron chi connectivity index (χ0n) is 15.6. The third-order valence-corrected chi connectivity index (χ3v) is 5.79. The van der Waals surface area contributed by atoms with Crippen molar-refractivity contribution >= 4 is 22.0 Å². The van der Waals surface area contributed by atoms with Crippen LogP contribution in [0.15, 0.2) is 33.6 Å². The van der Waals surface area contributed by atoms with Crippen molar-refractivity contribution in [3.8, 4) is 0 Å². The van der Waals surface area contributed by atoms with Gasteiger partial charge in [-0.05, 0) is 45.7 Å². The summed E-state index contributed by atoms with van der Waals surface area (Å²) in [5.41, 5.74) is 0.0652. The zero-order valence-corrected chi connectivity index (χ0v) is 16.4. The standard InChI is InChI=1S/C18H25N3O4S/c1-18(2,3)25-17(22)21-11-7-8-13(21)12-20(4)16-14-9-5-6-10-15(14)26(23,24)19-16/h5-6,9-10,13H,7-8,11-12H2,1-4H3. The summed E-state index contributed by atoms with van der Waals surface area (Å²) in [5, 5.41) is 0. The van der Waals surface area contributed by atoms with Gasteiger partial charge in [0.15, 0.2) is 5.84 Å². The molecule has 0 radical (unpaired) electrons. The van der Waals surface area contributed by atoms with Gasteiger partial charge in [-0.1, -0.05) is 12.1 Å². The van der Waals surface area contributed by atoms with Gasteiger partial charge in [-0.2, -0.15) is 8.42 Å². The fourth-order valence-corrected chi connectivity index (χ4v) is 4.60. The number of carbonyl (C=O) groups is 1. The average molecular weight is 379 g/mol. The monoisotopic (exact) mass is 379 g/mol. The summed E-state index contributed by atoms with van der Waals surface area (Å²) >= 11 is 0. The molecule has 1 aromatic carbocycles. The fourth-order valence-electron chi connectivity index (χ4n) is 3.35. The van der Waals surface area contributed by atoms with Crippen LogP contribution in [-0.4, -0.2) is 61.9 Å². The van der Waals surface area contributed by atoms with Crippen molar-refractivity contribution in [2.24, 2.45) is 4.40 Å². The van der Waals surface area contributed by atoms with E-state index in [2.05, 4.69) is 4.40 Å². The lowest BCUT2D eigenvalue weighted by molar-refractivity contribution is 0.0215. The van der Waals surface area contributed by atoms with Crippen molar-refractivity contribution in [2.75, 3.05) is 20.1 Å². The topological polar surface area (TPSA) is 79.3 Å². The van der Waals surface area contributed by atoms with Crippen LogP contribution in [0.5, 0.6) is 0 Å². The molecule has 2 heterocycles. The van der Waals surface area contributed by atoms with Crippen LogP contribution >= 0.6 is 0 Å². The lowest BCUT2D eigenvalue weighted by atomic mass is 10.1. The van der Waals surface area contributed by atoms with Crippen molar-refractivity contribution in [1.29, 1.82) is 0 Å². The highest BCUT2D eigenvalue weighted by Gasteiger charge is 2.35. The van der Waals surface area contributed by atoms with E-state index in [1.54, 1.807) is 29.2 Å². The predicted octanol–water partition coefficient (Wildman–Crippen LogP) is 2.47. The molecule has 1 unspecified atom stereocenters. The molecule has 0 aromatic heterocycles. The average Bonchev–Trinajstić information content (AvgIpc) is 3.09. The summed E-state index contributed by atoms with van der Waals surface area (Å²) in [6, 6.07) is 6.78. The molecule has 8 heteroatoms. The number of likely N-dealkylation sites (tertiary alicyclic amines) is 1. The molecular formula is C18H25N3O4S. The number of rotatable bonds is 2. The minimum atomic E-state index is -3.65. The second-order valence-corrected chi connectivity index (χ2v) is 9.31. The molecule has 1 saturated heterocycles. The van der Waals surface area contributed by atoms with Crippen molar-refractivity contribution in [2.45, 2.75) is 50.2 Å². The molecule has 1 aromatic rings. The van der Waals surface area contributed by atoms with E-state index in [0.717, 1.165) is 12.8 Å². The molecule has 0 saturated carbocycles. The summed E-state index contributed by atoms with van der Waals surface area (Å²) in [4.78, 5) is 16.2. The van der Waals surface area contributed by atoms with Crippen molar-refractivity contribution < 1.29 is 17.9 Å². The summed E-state index contributed by atoms with van der Waals surface area (Å²) in [6.07, 6.45) is 1.43. The van der Waals surface area contributed by atoms with Crippen LogP contribution < -0.4 is 0 Å². The number of fused-ring (bicyclic) bond motifs is 1. The van der Waals surface area contributed by atoms with Crippen LogP contribution in [-0.2, 0) is 14.8 Å². The number of hydrogen-bond donors (Lipinski definition) is 0. The predicted molar refractivity (Wildman–Crippen MR) is 98.8 cm³/mol. The molecule has 3 rings (SSSR count). The van der Waals surface area contributed by atoms with E-state index in [4.69, 9.17) is 4.74 Å². The minimum Gasteiger partial charge on any atom is -0.444 e. The van der Waals surface area contributed by atoms with Crippen LogP contribution in [0.25, 0.3) is 0 Å². The zero-order chi connectivity index (χ0) is 19.1. The first kappa shape index (κ1) is 18.7. The van der Waals surface area contributed by atoms with Gasteiger partial charge < -0.3 is 14.5 Å². The summed E-state index contributed by atoms with van der Waals surface area (Å²) < 4.78 is 33.9. The Morgan fingerprint density at radius 2 is 2.04 bits per heavy atom. The second-order valence-electron chi connectivity index (χ2n) is 7.74. The summed E-state index contributed by atoms with van der Waals surface area (Å²) in [5.74, 6) is 0.427. The molecule has 1 fully saturated rings. The van der Waals surface area contributed by atoms with Crippen LogP contribution in [0.3, 0.4) is 0 Å². The van der Waals surface area contributed by atoms with Crippen LogP contribution in [0, 0.1) is 0 Å². The first-order valence-corrected chi connectivity index (χ1v) is 10.2. The van der Waals surface area contributed by atoms with Gasteiger partial charge in [0.2, 0.25) is 0 Å². The van der Waals surface area contributed by atoms with E-state index in [-0.39, 0.29) is 17.0 Å². The Kier molecular flexibility index (Phi) is 4.72. The minimum absolute atomic E-state index is 0.0342. The summed E-state index contributed by atoms with van der Waals surface area (Å²) in [6.45, 7) is 6.68. The van der Waals surface area contributed by atoms with Gasteiger partial charge in [0.25, 0.3) is 10.0 Å². The fraction of sp³-hybridized carbons (Fsp3) is 0.556. The Balaban J connectivity index is 1.76. The van der Waals surface area contributed by atoms with Gasteiger partial charge in [-0.3, -0.25) is 0 Å². The maximum absolute atomic E-state index is 12.4. The Morgan fingerprint density at radius 3 is 2.73 bits per heavy atom. The molecule has 7 nitrogen and oxygen atoms in total. The normalized spacial score (nSPS) is 21.3. The lowest BCUT2D eigenvalue weighted by Gasteiger charge is -2.31. The molecule has 1 amide bonds. The number of ether oxygens (including phenoxy) is 1. The van der Waals surface area contributed by atoms with Gasteiger partial charge >= 0.3 is 6.09 Å². The number of likely N-dealkylation sites (N-methyl/N-ethyl adjacent to an activating group) is 1. The number of carbonyl (C=O) groups excluding carboxylic acids is 1. The Morgan fingerprint density at radius 1 is 1.35 bits per heavy atom. The van der Waals surface area contributed by atoms with Crippen LogP contribution in [0.1, 0.15) is 39.2 Å². The molecule has 142 valence electrons. The molecule has 2 aliphatic heterocycles. The SMILES string of the molecule is CN(CC1CCCN1C(=O)OC(C)(C)C)C1=NS(=O)(=O)c2ccccc21. The molecule has 1 atom stereocenters. The van der Waals surface area contributed by atoms with Gasteiger partial charge in [-0.25, -0.2) is 4.79 Å². The lowest BCUT2D eigenvalue weighted by Crippen LogP contribution is -2.45. The maximum atomic E-state index is 12.4. The number of sulfonamides is 1. The molecule has 0 spiro atoms. The maximum Gasteiger partial charge on any atom is 0.410 e. The summed E-state index contributed by atoms with van der Waals surface area (Å²) in [7, 11) is -1.84. The van der Waals surface area contributed by atoms with Gasteiger partial charge in [0, 0.05) is 25.7 Å². The smallest absolute Gasteiger partial charge is 0.410 e. The first-order valence-electron chi connectivity index (χ1n) is 8.73. The van der Waals surface area contributed by atoms with E-state index in [0.29, 0.717) is 24.5 Å². The first-order chi connectivity index (χ1) is 12.1. The van der Waals surface area contributed by atoms with Crippen molar-refractivity contribution in [3.63, 3.8) is 0 Å². The van der Waals surface area contributed by atoms with Crippen molar-refractivity contribution in [3.05, 3.63) is 29.8 Å². The Labute approximate surface area is 154 Å². The van der Waals surface area contributed by atoms with Gasteiger partial charge in [0.1, 0.15) is 10.5 Å². The van der Waals surface area contributed by atoms with Gasteiger partial charge in [0.05, 0.1) is 6.04 Å². The molecule has 0 bridgehead atoms. The molecular weight excluding hydrogens is 354 g/mol. The largest absolute Gasteiger partial charge is 0.444 e. The molecule has 26 heavy (non-hydrogen) atoms. The third-order valence-electron chi connectivity index (χ3n) is 4.46. The van der Waals surface area contributed by atoms with Gasteiger partial charge in [-0.15, -0.1) is 4.40 Å². The number of nitrogens with zero attached hydrogens (tertiary/aromatic N) is 3. The Hall–Kier alpha value is -2.09. The van der Waals surface area contributed by atoms with Crippen LogP contribution in [0.4, 0.5) is 4.79 Å². The number of amides is 1. The van der Waals surface area contributed by atoms with E-state index in [1.165, 1.54) is 0 Å². The van der Waals surface area contributed by atoms with Crippen LogP contribution in [0.2, 0.25) is 0 Å². The highest BCUT2D eigenvalue weighted by Crippen LogP contribution is 2.28. The molecule has 2 aliphatic rings. The van der Waals surface area contributed by atoms with E-state index < -0.39 is 15.6 Å². The van der Waals surface area contributed by atoms with E-state index in [9.17, 15) is 13.2 Å². The highest BCUT2D eigenvalue weighted by molar-refractivity contribution is 7.90. The molecule has 0 aliphatic carbocycles. The number of benzene rings is 1. The number of hydrogen-bond acceptors (Lipinski definition) is 5. The Bertz CT molecular complexity index is 842. The third kappa shape index (κ3) is 3.70. The van der Waals surface area contributed by atoms with E-state index in [1.807, 2.05) is 32.7 Å². The quantitative estimate of drug-likeness (QED) is 0.789. The highest BCUT2D eigenvalue weighted by atomic mass is 32.2. The van der Waals surface area contributed by atoms with Crippen molar-refractivity contribution in [1.82, 2.24) is 9.80 Å². The second kappa shape index (κ2) is 6.57. The number of amidine groups is 1. The van der Waals surface area contributed by atoms with E-state index >= 15 is 0 Å². The molecule has 0 N–H and O–H groups in total.